The molecular formula is C12H16ClN3O. The lowest BCUT2D eigenvalue weighted by Gasteiger charge is -2.24. The van der Waals surface area contributed by atoms with E-state index in [-0.39, 0.29) is 11.9 Å². The molecular weight excluding hydrogens is 238 g/mol. The van der Waals surface area contributed by atoms with Crippen LogP contribution in [0.4, 0.5) is 0 Å². The van der Waals surface area contributed by atoms with E-state index < -0.39 is 0 Å². The van der Waals surface area contributed by atoms with E-state index in [9.17, 15) is 4.79 Å². The molecule has 17 heavy (non-hydrogen) atoms. The number of nitrogens with one attached hydrogen (secondary N) is 1. The van der Waals surface area contributed by atoms with Crippen molar-refractivity contribution in [1.29, 1.82) is 0 Å². The molecule has 1 saturated heterocycles. The lowest BCUT2D eigenvalue weighted by Crippen LogP contribution is -2.41. The van der Waals surface area contributed by atoms with Crippen LogP contribution in [0.3, 0.4) is 0 Å². The van der Waals surface area contributed by atoms with Crippen LogP contribution in [0, 0.1) is 0 Å². The van der Waals surface area contributed by atoms with Gasteiger partial charge in [0.15, 0.2) is 0 Å². The molecule has 0 aliphatic carbocycles. The average Bonchev–Trinajstić information content (AvgIpc) is 2.47. The summed E-state index contributed by atoms with van der Waals surface area (Å²) in [5.74, 6) is 0.0783. The van der Waals surface area contributed by atoms with E-state index in [0.717, 1.165) is 25.2 Å². The summed E-state index contributed by atoms with van der Waals surface area (Å²) < 4.78 is 0. The van der Waals surface area contributed by atoms with E-state index in [2.05, 4.69) is 15.2 Å². The van der Waals surface area contributed by atoms with Crippen molar-refractivity contribution < 1.29 is 4.79 Å². The minimum Gasteiger partial charge on any atom is -0.355 e. The smallest absolute Gasteiger partial charge is 0.237 e. The number of aromatic nitrogens is 1. The Bertz CT molecular complexity index is 410. The molecule has 1 amide bonds. The van der Waals surface area contributed by atoms with Gasteiger partial charge in [-0.3, -0.25) is 14.7 Å². The second kappa shape index (κ2) is 5.47. The molecule has 2 heterocycles. The number of nitrogens with zero attached hydrogens (tertiary/aromatic N) is 2. The van der Waals surface area contributed by atoms with Crippen molar-refractivity contribution in [1.82, 2.24) is 15.2 Å². The summed E-state index contributed by atoms with van der Waals surface area (Å²) >= 11 is 6.08. The Balaban J connectivity index is 2.11. The van der Waals surface area contributed by atoms with Crippen molar-refractivity contribution in [2.75, 3.05) is 13.1 Å². The molecule has 0 aromatic carbocycles. The quantitative estimate of drug-likeness (QED) is 0.868. The summed E-state index contributed by atoms with van der Waals surface area (Å²) in [5.41, 5.74) is 0.829. The van der Waals surface area contributed by atoms with Gasteiger partial charge in [-0.05, 0) is 25.5 Å². The summed E-state index contributed by atoms with van der Waals surface area (Å²) in [5, 5.41) is 3.55. The van der Waals surface area contributed by atoms with Crippen molar-refractivity contribution in [2.45, 2.75) is 25.9 Å². The van der Waals surface area contributed by atoms with Crippen LogP contribution >= 0.6 is 11.6 Å². The maximum Gasteiger partial charge on any atom is 0.237 e. The number of hydrogen-bond donors (Lipinski definition) is 1. The topological polar surface area (TPSA) is 45.2 Å². The van der Waals surface area contributed by atoms with Crippen molar-refractivity contribution in [2.24, 2.45) is 0 Å². The third-order valence-corrected chi connectivity index (χ3v) is 3.38. The maximum absolute atomic E-state index is 11.7. The zero-order chi connectivity index (χ0) is 12.3. The SMILES string of the molecule is CC1C(=O)NCCCN1Cc1ncccc1Cl. The summed E-state index contributed by atoms with van der Waals surface area (Å²) in [6, 6.07) is 3.51. The number of hydrogen-bond acceptors (Lipinski definition) is 3. The van der Waals surface area contributed by atoms with Crippen LogP contribution in [-0.4, -0.2) is 34.9 Å². The van der Waals surface area contributed by atoms with Crippen LogP contribution in [0.5, 0.6) is 0 Å². The van der Waals surface area contributed by atoms with E-state index in [0.29, 0.717) is 11.6 Å². The second-order valence-corrected chi connectivity index (χ2v) is 4.63. The van der Waals surface area contributed by atoms with Crippen molar-refractivity contribution in [3.8, 4) is 0 Å². The molecule has 1 fully saturated rings. The first-order valence-corrected chi connectivity index (χ1v) is 6.17. The largest absolute Gasteiger partial charge is 0.355 e. The Morgan fingerprint density at radius 3 is 3.24 bits per heavy atom. The van der Waals surface area contributed by atoms with Gasteiger partial charge < -0.3 is 5.32 Å². The molecule has 1 aliphatic heterocycles. The van der Waals surface area contributed by atoms with Gasteiger partial charge in [-0.2, -0.15) is 0 Å². The molecule has 1 aliphatic rings. The Kier molecular flexibility index (Phi) is 3.97. The van der Waals surface area contributed by atoms with Crippen LogP contribution in [0.1, 0.15) is 19.0 Å². The number of pyridine rings is 1. The maximum atomic E-state index is 11.7. The van der Waals surface area contributed by atoms with E-state index in [1.807, 2.05) is 19.1 Å². The standard InChI is InChI=1S/C12H16ClN3O/c1-9-12(17)15-6-3-7-16(9)8-11-10(13)4-2-5-14-11/h2,4-5,9H,3,6-8H2,1H3,(H,15,17). The number of rotatable bonds is 2. The lowest BCUT2D eigenvalue weighted by molar-refractivity contribution is -0.125. The third-order valence-electron chi connectivity index (χ3n) is 3.04. The number of halogens is 1. The molecule has 0 spiro atoms. The van der Waals surface area contributed by atoms with Crippen LogP contribution in [0.15, 0.2) is 18.3 Å². The molecule has 2 rings (SSSR count). The predicted octanol–water partition coefficient (Wildman–Crippen LogP) is 1.45. The average molecular weight is 254 g/mol. The van der Waals surface area contributed by atoms with Crippen LogP contribution in [0.25, 0.3) is 0 Å². The first kappa shape index (κ1) is 12.3. The van der Waals surface area contributed by atoms with Crippen molar-refractivity contribution in [3.05, 3.63) is 29.0 Å². The molecule has 5 heteroatoms. The molecule has 1 unspecified atom stereocenters. The van der Waals surface area contributed by atoms with Crippen molar-refractivity contribution in [3.63, 3.8) is 0 Å². The van der Waals surface area contributed by atoms with Crippen LogP contribution in [-0.2, 0) is 11.3 Å². The molecule has 4 nitrogen and oxygen atoms in total. The molecule has 1 aromatic heterocycles. The molecule has 1 atom stereocenters. The minimum absolute atomic E-state index is 0.0783. The highest BCUT2D eigenvalue weighted by atomic mass is 35.5. The van der Waals surface area contributed by atoms with Gasteiger partial charge in [-0.1, -0.05) is 11.6 Å². The minimum atomic E-state index is -0.129. The molecule has 0 radical (unpaired) electrons. The van der Waals surface area contributed by atoms with Gasteiger partial charge in [0.05, 0.1) is 16.8 Å². The van der Waals surface area contributed by atoms with Gasteiger partial charge in [0, 0.05) is 25.8 Å². The van der Waals surface area contributed by atoms with Gasteiger partial charge in [-0.15, -0.1) is 0 Å². The first-order chi connectivity index (χ1) is 8.18. The number of carbonyl (C=O) groups is 1. The molecule has 1 aromatic rings. The normalized spacial score (nSPS) is 22.0. The fourth-order valence-corrected chi connectivity index (χ4v) is 2.13. The molecule has 1 N–H and O–H groups in total. The van der Waals surface area contributed by atoms with Crippen molar-refractivity contribution >= 4 is 17.5 Å². The number of carbonyl (C=O) groups excluding carboxylic acids is 1. The molecule has 92 valence electrons. The zero-order valence-electron chi connectivity index (χ0n) is 9.82. The summed E-state index contributed by atoms with van der Waals surface area (Å²) in [6.45, 7) is 4.16. The van der Waals surface area contributed by atoms with E-state index >= 15 is 0 Å². The predicted molar refractivity (Wildman–Crippen MR) is 66.7 cm³/mol. The van der Waals surface area contributed by atoms with E-state index in [1.165, 1.54) is 0 Å². The summed E-state index contributed by atoms with van der Waals surface area (Å²) in [7, 11) is 0. The summed E-state index contributed by atoms with van der Waals surface area (Å²) in [6.07, 6.45) is 2.68. The van der Waals surface area contributed by atoms with Crippen LogP contribution < -0.4 is 5.32 Å². The highest BCUT2D eigenvalue weighted by molar-refractivity contribution is 6.31. The first-order valence-electron chi connectivity index (χ1n) is 5.79. The van der Waals surface area contributed by atoms with Gasteiger partial charge in [-0.25, -0.2) is 0 Å². The van der Waals surface area contributed by atoms with Gasteiger partial charge >= 0.3 is 0 Å². The third kappa shape index (κ3) is 2.96. The highest BCUT2D eigenvalue weighted by Crippen LogP contribution is 2.16. The Hall–Kier alpha value is -1.13. The van der Waals surface area contributed by atoms with Gasteiger partial charge in [0.25, 0.3) is 0 Å². The van der Waals surface area contributed by atoms with Gasteiger partial charge in [0.2, 0.25) is 5.91 Å². The van der Waals surface area contributed by atoms with E-state index in [4.69, 9.17) is 11.6 Å². The lowest BCUT2D eigenvalue weighted by atomic mass is 10.2. The Labute approximate surface area is 106 Å². The fraction of sp³-hybridized carbons (Fsp3) is 0.500. The van der Waals surface area contributed by atoms with Crippen LogP contribution in [0.2, 0.25) is 5.02 Å². The molecule has 0 bridgehead atoms. The zero-order valence-corrected chi connectivity index (χ0v) is 10.6. The fourth-order valence-electron chi connectivity index (χ4n) is 1.94. The number of amides is 1. The Morgan fingerprint density at radius 1 is 1.65 bits per heavy atom. The second-order valence-electron chi connectivity index (χ2n) is 4.22. The molecule has 0 saturated carbocycles. The Morgan fingerprint density at radius 2 is 2.47 bits per heavy atom. The van der Waals surface area contributed by atoms with E-state index in [1.54, 1.807) is 6.20 Å². The highest BCUT2D eigenvalue weighted by Gasteiger charge is 2.24. The monoisotopic (exact) mass is 253 g/mol. The van der Waals surface area contributed by atoms with Gasteiger partial charge in [0.1, 0.15) is 0 Å². The summed E-state index contributed by atoms with van der Waals surface area (Å²) in [4.78, 5) is 18.1.